The summed E-state index contributed by atoms with van der Waals surface area (Å²) in [7, 11) is 0. The van der Waals surface area contributed by atoms with E-state index in [-0.39, 0.29) is 24.0 Å². The van der Waals surface area contributed by atoms with Crippen molar-refractivity contribution in [1.29, 1.82) is 0 Å². The molecule has 0 atom stereocenters. The van der Waals surface area contributed by atoms with E-state index >= 15 is 0 Å². The average Bonchev–Trinajstić information content (AvgIpc) is 3.37. The first-order valence-electron chi connectivity index (χ1n) is 7.73. The second-order valence-electron chi connectivity index (χ2n) is 5.61. The van der Waals surface area contributed by atoms with E-state index in [0.717, 1.165) is 11.1 Å². The SMILES string of the molecule is I.NC(=NCc1ccccc1COc1ccccc1Cl)NC1CC1. The molecule has 1 saturated carbocycles. The highest BCUT2D eigenvalue weighted by atomic mass is 127. The van der Waals surface area contributed by atoms with E-state index in [0.29, 0.717) is 35.9 Å². The summed E-state index contributed by atoms with van der Waals surface area (Å²) in [5, 5.41) is 3.80. The van der Waals surface area contributed by atoms with Crippen LogP contribution in [-0.2, 0) is 13.2 Å². The van der Waals surface area contributed by atoms with Gasteiger partial charge in [-0.2, -0.15) is 0 Å². The Bertz CT molecular complexity index is 704. The lowest BCUT2D eigenvalue weighted by atomic mass is 10.1. The zero-order valence-corrected chi connectivity index (χ0v) is 16.3. The first-order valence-corrected chi connectivity index (χ1v) is 8.11. The molecule has 128 valence electrons. The molecule has 0 aromatic heterocycles. The maximum Gasteiger partial charge on any atom is 0.189 e. The third kappa shape index (κ3) is 5.56. The first-order chi connectivity index (χ1) is 11.2. The van der Waals surface area contributed by atoms with Crippen LogP contribution in [0.4, 0.5) is 0 Å². The van der Waals surface area contributed by atoms with E-state index in [4.69, 9.17) is 22.1 Å². The van der Waals surface area contributed by atoms with Crippen LogP contribution in [0, 0.1) is 0 Å². The van der Waals surface area contributed by atoms with E-state index in [1.54, 1.807) is 0 Å². The summed E-state index contributed by atoms with van der Waals surface area (Å²) < 4.78 is 5.82. The molecule has 0 heterocycles. The van der Waals surface area contributed by atoms with Gasteiger partial charge in [-0.05, 0) is 36.1 Å². The second-order valence-corrected chi connectivity index (χ2v) is 6.02. The van der Waals surface area contributed by atoms with Gasteiger partial charge in [-0.1, -0.05) is 48.0 Å². The van der Waals surface area contributed by atoms with Crippen LogP contribution in [0.2, 0.25) is 5.02 Å². The quantitative estimate of drug-likeness (QED) is 0.390. The predicted octanol–water partition coefficient (Wildman–Crippen LogP) is 4.10. The summed E-state index contributed by atoms with van der Waals surface area (Å²) in [5.74, 6) is 1.19. The van der Waals surface area contributed by atoms with Crippen LogP contribution in [0.1, 0.15) is 24.0 Å². The molecule has 24 heavy (non-hydrogen) atoms. The number of hydrogen-bond acceptors (Lipinski definition) is 2. The molecule has 0 saturated heterocycles. The number of para-hydroxylation sites is 1. The van der Waals surface area contributed by atoms with E-state index < -0.39 is 0 Å². The van der Waals surface area contributed by atoms with Gasteiger partial charge in [0.1, 0.15) is 12.4 Å². The molecule has 0 spiro atoms. The summed E-state index contributed by atoms with van der Waals surface area (Å²) in [6.45, 7) is 0.985. The van der Waals surface area contributed by atoms with Crippen LogP contribution in [0.5, 0.6) is 5.75 Å². The number of hydrogen-bond donors (Lipinski definition) is 2. The number of ether oxygens (including phenoxy) is 1. The summed E-state index contributed by atoms with van der Waals surface area (Å²) in [5.41, 5.74) is 8.06. The molecule has 1 fully saturated rings. The van der Waals surface area contributed by atoms with Gasteiger partial charge in [0, 0.05) is 6.04 Å². The smallest absolute Gasteiger partial charge is 0.189 e. The zero-order valence-electron chi connectivity index (χ0n) is 13.2. The highest BCUT2D eigenvalue weighted by Gasteiger charge is 2.21. The van der Waals surface area contributed by atoms with Crippen molar-refractivity contribution >= 4 is 41.5 Å². The molecule has 0 unspecified atom stereocenters. The average molecular weight is 458 g/mol. The third-order valence-corrected chi connectivity index (χ3v) is 4.00. The van der Waals surface area contributed by atoms with Crippen LogP contribution in [-0.4, -0.2) is 12.0 Å². The number of rotatable bonds is 6. The molecule has 2 aromatic carbocycles. The van der Waals surface area contributed by atoms with Crippen molar-refractivity contribution < 1.29 is 4.74 Å². The number of benzene rings is 2. The largest absolute Gasteiger partial charge is 0.487 e. The molecule has 0 bridgehead atoms. The summed E-state index contributed by atoms with van der Waals surface area (Å²) in [6.07, 6.45) is 2.36. The molecule has 0 radical (unpaired) electrons. The van der Waals surface area contributed by atoms with E-state index in [1.165, 1.54) is 12.8 Å². The Morgan fingerprint density at radius 2 is 1.79 bits per heavy atom. The standard InChI is InChI=1S/C18H20ClN3O.HI/c19-16-7-3-4-8-17(16)23-12-14-6-2-1-5-13(14)11-21-18(20)22-15-9-10-15;/h1-8,15H,9-12H2,(H3,20,21,22);1H. The van der Waals surface area contributed by atoms with Gasteiger partial charge in [0.2, 0.25) is 0 Å². The fourth-order valence-electron chi connectivity index (χ4n) is 2.22. The monoisotopic (exact) mass is 457 g/mol. The summed E-state index contributed by atoms with van der Waals surface area (Å²) in [4.78, 5) is 4.41. The minimum absolute atomic E-state index is 0. The van der Waals surface area contributed by atoms with Crippen molar-refractivity contribution in [3.8, 4) is 5.75 Å². The number of nitrogens with two attached hydrogens (primary N) is 1. The van der Waals surface area contributed by atoms with E-state index in [9.17, 15) is 0 Å². The highest BCUT2D eigenvalue weighted by Crippen LogP contribution is 2.24. The molecule has 1 aliphatic rings. The summed E-state index contributed by atoms with van der Waals surface area (Å²) >= 11 is 6.12. The lowest BCUT2D eigenvalue weighted by molar-refractivity contribution is 0.305. The number of guanidine groups is 1. The normalized spacial score (nSPS) is 14.0. The van der Waals surface area contributed by atoms with E-state index in [2.05, 4.69) is 10.3 Å². The lowest BCUT2D eigenvalue weighted by Crippen LogP contribution is -2.33. The predicted molar refractivity (Wildman–Crippen MR) is 109 cm³/mol. The molecule has 3 N–H and O–H groups in total. The van der Waals surface area contributed by atoms with Gasteiger partial charge in [0.25, 0.3) is 0 Å². The van der Waals surface area contributed by atoms with Crippen molar-refractivity contribution in [2.24, 2.45) is 10.7 Å². The van der Waals surface area contributed by atoms with Gasteiger partial charge in [0.15, 0.2) is 5.96 Å². The maximum absolute atomic E-state index is 6.12. The topological polar surface area (TPSA) is 59.6 Å². The molecule has 0 amide bonds. The van der Waals surface area contributed by atoms with Crippen molar-refractivity contribution in [2.45, 2.75) is 32.0 Å². The molecule has 0 aliphatic heterocycles. The number of aliphatic imine (C=N–C) groups is 1. The van der Waals surface area contributed by atoms with Gasteiger partial charge in [-0.3, -0.25) is 0 Å². The maximum atomic E-state index is 6.12. The second kappa shape index (κ2) is 9.13. The minimum atomic E-state index is 0. The van der Waals surface area contributed by atoms with Crippen LogP contribution >= 0.6 is 35.6 Å². The number of nitrogens with zero attached hydrogens (tertiary/aromatic N) is 1. The Hall–Kier alpha value is -1.47. The fourth-order valence-corrected chi connectivity index (χ4v) is 2.41. The van der Waals surface area contributed by atoms with Gasteiger partial charge in [0.05, 0.1) is 11.6 Å². The Morgan fingerprint density at radius 1 is 1.12 bits per heavy atom. The molecule has 4 nitrogen and oxygen atoms in total. The molecule has 6 heteroatoms. The Morgan fingerprint density at radius 3 is 2.50 bits per heavy atom. The number of nitrogens with one attached hydrogen (secondary N) is 1. The van der Waals surface area contributed by atoms with Gasteiger partial charge in [-0.25, -0.2) is 4.99 Å². The van der Waals surface area contributed by atoms with Crippen LogP contribution in [0.3, 0.4) is 0 Å². The van der Waals surface area contributed by atoms with E-state index in [1.807, 2.05) is 48.5 Å². The first kappa shape index (κ1) is 18.9. The van der Waals surface area contributed by atoms with Crippen LogP contribution in [0.15, 0.2) is 53.5 Å². The number of halogens is 2. The third-order valence-electron chi connectivity index (χ3n) is 3.69. The Labute approximate surface area is 164 Å². The van der Waals surface area contributed by atoms with Crippen LogP contribution in [0.25, 0.3) is 0 Å². The van der Waals surface area contributed by atoms with Gasteiger partial charge < -0.3 is 15.8 Å². The molecule has 2 aromatic rings. The van der Waals surface area contributed by atoms with Crippen molar-refractivity contribution in [1.82, 2.24) is 5.32 Å². The highest BCUT2D eigenvalue weighted by molar-refractivity contribution is 14.0. The van der Waals surface area contributed by atoms with Crippen molar-refractivity contribution in [2.75, 3.05) is 0 Å². The molecule has 1 aliphatic carbocycles. The van der Waals surface area contributed by atoms with Gasteiger partial charge >= 0.3 is 0 Å². The molecular formula is C18H21ClIN3O. The minimum Gasteiger partial charge on any atom is -0.487 e. The molecular weight excluding hydrogens is 437 g/mol. The Kier molecular flexibility index (Phi) is 7.17. The zero-order chi connectivity index (χ0) is 16.1. The van der Waals surface area contributed by atoms with Crippen molar-refractivity contribution in [3.05, 3.63) is 64.7 Å². The van der Waals surface area contributed by atoms with Crippen LogP contribution < -0.4 is 15.8 Å². The fraction of sp³-hybridized carbons (Fsp3) is 0.278. The lowest BCUT2D eigenvalue weighted by Gasteiger charge is -2.11. The van der Waals surface area contributed by atoms with Gasteiger partial charge in [-0.15, -0.1) is 24.0 Å². The summed E-state index contributed by atoms with van der Waals surface area (Å²) in [6, 6.07) is 16.0. The molecule has 3 rings (SSSR count). The van der Waals surface area contributed by atoms with Crippen molar-refractivity contribution in [3.63, 3.8) is 0 Å². The Balaban J connectivity index is 0.00000208.